The van der Waals surface area contributed by atoms with E-state index in [2.05, 4.69) is 23.2 Å². The first-order valence-electron chi connectivity index (χ1n) is 12.7. The third-order valence-electron chi connectivity index (χ3n) is 6.82. The highest BCUT2D eigenvalue weighted by atomic mass is 32.1. The Morgan fingerprint density at radius 2 is 2.05 bits per heavy atom. The molecule has 4 heterocycles. The number of hydrogen-bond acceptors (Lipinski definition) is 7. The molecule has 1 amide bonds. The fourth-order valence-corrected chi connectivity index (χ4v) is 6.01. The van der Waals surface area contributed by atoms with Crippen molar-refractivity contribution in [1.82, 2.24) is 24.6 Å². The maximum Gasteiger partial charge on any atom is 0.246 e. The summed E-state index contributed by atoms with van der Waals surface area (Å²) >= 11 is 1.47. The molecule has 0 saturated heterocycles. The predicted octanol–water partition coefficient (Wildman–Crippen LogP) is 4.78. The van der Waals surface area contributed by atoms with Gasteiger partial charge in [0.25, 0.3) is 0 Å². The zero-order chi connectivity index (χ0) is 27.5. The Morgan fingerprint density at radius 3 is 2.82 bits per heavy atom. The topological polar surface area (TPSA) is 87.3 Å². The molecular formula is C30H30N6O2S. The van der Waals surface area contributed by atoms with Crippen molar-refractivity contribution >= 4 is 17.2 Å². The highest BCUT2D eigenvalue weighted by molar-refractivity contribution is 7.12. The SMILES string of the molecule is COc1cccnc1-n1cc(-c2ccccc2[C@@H]2CN(C(=O)/C=C/CN(C)C)Cc3sc(C#N)cc32)c(C)n1. The maximum atomic E-state index is 13.2. The number of nitrogens with zero attached hydrogens (tertiary/aromatic N) is 6. The van der Waals surface area contributed by atoms with Gasteiger partial charge >= 0.3 is 0 Å². The van der Waals surface area contributed by atoms with Gasteiger partial charge in [0.05, 0.1) is 19.3 Å². The van der Waals surface area contributed by atoms with Crippen molar-refractivity contribution in [2.45, 2.75) is 19.4 Å². The molecule has 0 saturated carbocycles. The quantitative estimate of drug-likeness (QED) is 0.315. The summed E-state index contributed by atoms with van der Waals surface area (Å²) in [5.41, 5.74) is 5.07. The van der Waals surface area contributed by atoms with Crippen LogP contribution in [0.25, 0.3) is 16.9 Å². The normalized spacial score (nSPS) is 15.0. The van der Waals surface area contributed by atoms with Crippen LogP contribution in [0.3, 0.4) is 0 Å². The van der Waals surface area contributed by atoms with Crippen LogP contribution in [-0.2, 0) is 11.3 Å². The Kier molecular flexibility index (Phi) is 7.59. The van der Waals surface area contributed by atoms with Crippen molar-refractivity contribution in [1.29, 1.82) is 5.26 Å². The van der Waals surface area contributed by atoms with Crippen LogP contribution in [0.1, 0.15) is 32.5 Å². The Morgan fingerprint density at radius 1 is 1.23 bits per heavy atom. The minimum atomic E-state index is -0.0818. The number of ether oxygens (including phenoxy) is 1. The van der Waals surface area contributed by atoms with E-state index >= 15 is 0 Å². The van der Waals surface area contributed by atoms with Gasteiger partial charge in [-0.1, -0.05) is 30.3 Å². The summed E-state index contributed by atoms with van der Waals surface area (Å²) in [4.78, 5) is 23.3. The number of rotatable bonds is 7. The molecule has 5 rings (SSSR count). The Hall–Kier alpha value is -4.26. The van der Waals surface area contributed by atoms with Gasteiger partial charge < -0.3 is 14.5 Å². The number of amides is 1. The number of aryl methyl sites for hydroxylation is 1. The summed E-state index contributed by atoms with van der Waals surface area (Å²) in [5, 5.41) is 14.4. The molecule has 198 valence electrons. The highest BCUT2D eigenvalue weighted by Gasteiger charge is 2.32. The van der Waals surface area contributed by atoms with Crippen molar-refractivity contribution in [2.24, 2.45) is 0 Å². The second kappa shape index (κ2) is 11.2. The number of pyridine rings is 1. The fourth-order valence-electron chi connectivity index (χ4n) is 4.97. The van der Waals surface area contributed by atoms with E-state index in [1.807, 2.05) is 73.4 Å². The number of hydrogen-bond donors (Lipinski definition) is 0. The molecule has 0 aliphatic carbocycles. The van der Waals surface area contributed by atoms with E-state index in [1.165, 1.54) is 11.3 Å². The van der Waals surface area contributed by atoms with Crippen LogP contribution >= 0.6 is 11.3 Å². The summed E-state index contributed by atoms with van der Waals surface area (Å²) in [7, 11) is 5.56. The van der Waals surface area contributed by atoms with Gasteiger partial charge in [-0.2, -0.15) is 10.4 Å². The van der Waals surface area contributed by atoms with Crippen LogP contribution in [0.2, 0.25) is 0 Å². The molecule has 1 aliphatic rings. The second-order valence-corrected chi connectivity index (χ2v) is 10.9. The molecule has 9 heteroatoms. The van der Waals surface area contributed by atoms with Crippen LogP contribution in [0.4, 0.5) is 0 Å². The molecule has 4 aromatic rings. The molecule has 0 spiro atoms. The average Bonchev–Trinajstić information content (AvgIpc) is 3.55. The third-order valence-corrected chi connectivity index (χ3v) is 7.86. The molecule has 8 nitrogen and oxygen atoms in total. The van der Waals surface area contributed by atoms with Gasteiger partial charge in [0.1, 0.15) is 10.9 Å². The molecule has 0 N–H and O–H groups in total. The minimum Gasteiger partial charge on any atom is -0.493 e. The summed E-state index contributed by atoms with van der Waals surface area (Å²) in [6.07, 6.45) is 7.23. The van der Waals surface area contributed by atoms with E-state index in [1.54, 1.807) is 24.1 Å². The van der Waals surface area contributed by atoms with E-state index in [9.17, 15) is 10.1 Å². The first-order chi connectivity index (χ1) is 18.9. The lowest BCUT2D eigenvalue weighted by atomic mass is 9.84. The van der Waals surface area contributed by atoms with Crippen molar-refractivity contribution in [2.75, 3.05) is 34.3 Å². The molecular weight excluding hydrogens is 508 g/mol. The van der Waals surface area contributed by atoms with Crippen molar-refractivity contribution in [3.05, 3.63) is 93.6 Å². The van der Waals surface area contributed by atoms with Gasteiger partial charge in [-0.15, -0.1) is 11.3 Å². The summed E-state index contributed by atoms with van der Waals surface area (Å²) in [5.74, 6) is 1.14. The molecule has 1 aliphatic heterocycles. The van der Waals surface area contributed by atoms with Gasteiger partial charge in [0.15, 0.2) is 11.6 Å². The summed E-state index contributed by atoms with van der Waals surface area (Å²) < 4.78 is 7.25. The Balaban J connectivity index is 1.56. The van der Waals surface area contributed by atoms with Gasteiger partial charge in [0.2, 0.25) is 5.91 Å². The standard InChI is InChI=1S/C30H30N6O2S/c1-20-25(18-36(33-20)30-27(38-4)11-7-13-32-30)22-9-5-6-10-23(22)26-17-35(29(37)12-8-14-34(2)3)19-28-24(26)15-21(16-31)39-28/h5-13,15,18,26H,14,17,19H2,1-4H3/b12-8+/t26-/m0/s1. The summed E-state index contributed by atoms with van der Waals surface area (Å²) in [6.45, 7) is 3.70. The number of methoxy groups -OCH3 is 1. The molecule has 0 fully saturated rings. The average molecular weight is 539 g/mol. The first kappa shape index (κ1) is 26.4. The molecule has 0 radical (unpaired) electrons. The molecule has 1 atom stereocenters. The number of nitriles is 1. The van der Waals surface area contributed by atoms with E-state index < -0.39 is 0 Å². The van der Waals surface area contributed by atoms with Crippen molar-refractivity contribution in [3.8, 4) is 28.8 Å². The number of benzene rings is 1. The van der Waals surface area contributed by atoms with E-state index in [-0.39, 0.29) is 11.8 Å². The Bertz CT molecular complexity index is 1580. The van der Waals surface area contributed by atoms with Gasteiger partial charge in [-0.3, -0.25) is 4.79 Å². The van der Waals surface area contributed by atoms with E-state index in [0.717, 1.165) is 32.8 Å². The molecule has 39 heavy (non-hydrogen) atoms. The zero-order valence-electron chi connectivity index (χ0n) is 22.5. The van der Waals surface area contributed by atoms with Gasteiger partial charge in [-0.25, -0.2) is 9.67 Å². The molecule has 0 bridgehead atoms. The third kappa shape index (κ3) is 5.35. The predicted molar refractivity (Wildman–Crippen MR) is 152 cm³/mol. The lowest BCUT2D eigenvalue weighted by Gasteiger charge is -2.33. The van der Waals surface area contributed by atoms with Crippen molar-refractivity contribution < 1.29 is 9.53 Å². The lowest BCUT2D eigenvalue weighted by molar-refractivity contribution is -0.127. The number of aromatic nitrogens is 3. The van der Waals surface area contributed by atoms with E-state index in [0.29, 0.717) is 36.1 Å². The molecule has 3 aromatic heterocycles. The van der Waals surface area contributed by atoms with Crippen molar-refractivity contribution in [3.63, 3.8) is 0 Å². The largest absolute Gasteiger partial charge is 0.493 e. The summed E-state index contributed by atoms with van der Waals surface area (Å²) in [6, 6.07) is 16.2. The second-order valence-electron chi connectivity index (χ2n) is 9.73. The monoisotopic (exact) mass is 538 g/mol. The lowest BCUT2D eigenvalue weighted by Crippen LogP contribution is -2.37. The fraction of sp³-hybridized carbons (Fsp3) is 0.267. The highest BCUT2D eigenvalue weighted by Crippen LogP contribution is 2.42. The van der Waals surface area contributed by atoms with Crippen LogP contribution in [0, 0.1) is 18.3 Å². The number of carbonyl (C=O) groups is 1. The number of carbonyl (C=O) groups excluding carboxylic acids is 1. The van der Waals surface area contributed by atoms with E-state index in [4.69, 9.17) is 9.84 Å². The maximum absolute atomic E-state index is 13.2. The Labute approximate surface area is 232 Å². The first-order valence-corrected chi connectivity index (χ1v) is 13.5. The number of fused-ring (bicyclic) bond motifs is 1. The number of thiophene rings is 1. The van der Waals surface area contributed by atoms with Crippen LogP contribution < -0.4 is 4.74 Å². The number of likely N-dealkylation sites (N-methyl/N-ethyl adjacent to an activating group) is 1. The van der Waals surface area contributed by atoms with Crippen LogP contribution in [0.15, 0.2) is 67.0 Å². The smallest absolute Gasteiger partial charge is 0.246 e. The molecule has 0 unspecified atom stereocenters. The molecule has 1 aromatic carbocycles. The van der Waals surface area contributed by atoms with Crippen LogP contribution in [0.5, 0.6) is 5.75 Å². The minimum absolute atomic E-state index is 0.0249. The zero-order valence-corrected chi connectivity index (χ0v) is 23.3. The van der Waals surface area contributed by atoms with Gasteiger partial charge in [-0.05, 0) is 55.9 Å². The van der Waals surface area contributed by atoms with Gasteiger partial charge in [0, 0.05) is 47.9 Å². The van der Waals surface area contributed by atoms with Crippen LogP contribution in [-0.4, -0.2) is 64.8 Å².